The Morgan fingerprint density at radius 3 is 3.00 bits per heavy atom. The van der Waals surface area contributed by atoms with Crippen molar-refractivity contribution in [2.24, 2.45) is 0 Å². The van der Waals surface area contributed by atoms with Gasteiger partial charge in [0.15, 0.2) is 4.77 Å². The summed E-state index contributed by atoms with van der Waals surface area (Å²) in [4.78, 5) is 7.71. The molecule has 1 N–H and O–H groups in total. The van der Waals surface area contributed by atoms with Crippen LogP contribution < -0.4 is 4.74 Å². The number of hydrogen-bond donors (Lipinski definition) is 1. The second kappa shape index (κ2) is 5.38. The number of nitrogens with zero attached hydrogens (tertiary/aromatic N) is 2. The molecule has 2 heterocycles. The predicted molar refractivity (Wildman–Crippen MR) is 84.2 cm³/mol. The summed E-state index contributed by atoms with van der Waals surface area (Å²) < 4.78 is 8.08. The number of aromatic nitrogens is 3. The van der Waals surface area contributed by atoms with Crippen LogP contribution in [-0.2, 0) is 13.0 Å². The van der Waals surface area contributed by atoms with Crippen LogP contribution in [0.5, 0.6) is 5.75 Å². The highest BCUT2D eigenvalue weighted by Gasteiger charge is 2.07. The predicted octanol–water partition coefficient (Wildman–Crippen LogP) is 3.72. The first kappa shape index (κ1) is 13.3. The number of aryl methyl sites for hydroxylation is 3. The Morgan fingerprint density at radius 2 is 2.30 bits per heavy atom. The van der Waals surface area contributed by atoms with Crippen molar-refractivity contribution in [3.63, 3.8) is 0 Å². The first-order valence-corrected chi connectivity index (χ1v) is 7.64. The topological polar surface area (TPSA) is 42.8 Å². The zero-order valence-corrected chi connectivity index (χ0v) is 13.0. The van der Waals surface area contributed by atoms with E-state index in [1.807, 2.05) is 25.1 Å². The van der Waals surface area contributed by atoms with Crippen LogP contribution in [0.4, 0.5) is 0 Å². The molecule has 0 saturated heterocycles. The maximum Gasteiger partial charge on any atom is 0.178 e. The molecule has 0 atom stereocenters. The molecule has 2 aromatic heterocycles. The molecule has 0 spiro atoms. The lowest BCUT2D eigenvalue weighted by molar-refractivity contribution is 0.415. The molecule has 0 aliphatic heterocycles. The van der Waals surface area contributed by atoms with E-state index in [9.17, 15) is 0 Å². The molecule has 0 aliphatic rings. The maximum absolute atomic E-state index is 5.40. The molecule has 0 amide bonds. The Bertz CT molecular complexity index is 800. The number of fused-ring (bicyclic) bond motifs is 1. The fourth-order valence-corrected chi connectivity index (χ4v) is 3.19. The van der Waals surface area contributed by atoms with Crippen molar-refractivity contribution in [2.45, 2.75) is 19.9 Å². The number of nitrogens with one attached hydrogen (secondary N) is 1. The van der Waals surface area contributed by atoms with Gasteiger partial charge in [-0.05, 0) is 31.3 Å². The minimum Gasteiger partial charge on any atom is -0.497 e. The molecule has 0 fully saturated rings. The highest BCUT2D eigenvalue weighted by molar-refractivity contribution is 7.71. The number of ether oxygens (including phenoxy) is 1. The minimum absolute atomic E-state index is 0.736. The summed E-state index contributed by atoms with van der Waals surface area (Å²) >= 11 is 7.09. The van der Waals surface area contributed by atoms with Crippen molar-refractivity contribution in [2.75, 3.05) is 7.11 Å². The van der Waals surface area contributed by atoms with Gasteiger partial charge in [-0.2, -0.15) is 0 Å². The van der Waals surface area contributed by atoms with Gasteiger partial charge in [0.2, 0.25) is 0 Å². The molecule has 0 saturated carbocycles. The highest BCUT2D eigenvalue weighted by Crippen LogP contribution is 2.21. The lowest BCUT2D eigenvalue weighted by Crippen LogP contribution is -2.01. The third-order valence-corrected chi connectivity index (χ3v) is 4.38. The van der Waals surface area contributed by atoms with Gasteiger partial charge in [0.25, 0.3) is 0 Å². The first-order valence-electron chi connectivity index (χ1n) is 6.35. The van der Waals surface area contributed by atoms with Crippen molar-refractivity contribution < 1.29 is 4.74 Å². The molecule has 3 aromatic rings. The third kappa shape index (κ3) is 2.48. The van der Waals surface area contributed by atoms with Crippen molar-refractivity contribution >= 4 is 34.6 Å². The second-order valence-corrected chi connectivity index (χ2v) is 6.02. The zero-order valence-electron chi connectivity index (χ0n) is 11.3. The fourth-order valence-electron chi connectivity index (χ4n) is 2.24. The number of H-pyrrole nitrogens is 1. The monoisotopic (exact) mass is 305 g/mol. The van der Waals surface area contributed by atoms with Gasteiger partial charge in [0, 0.05) is 24.4 Å². The summed E-state index contributed by atoms with van der Waals surface area (Å²) in [6, 6.07) is 5.95. The Hall–Kier alpha value is -1.66. The van der Waals surface area contributed by atoms with Gasteiger partial charge in [-0.1, -0.05) is 0 Å². The van der Waals surface area contributed by atoms with Crippen LogP contribution in [-0.4, -0.2) is 21.6 Å². The zero-order chi connectivity index (χ0) is 14.1. The summed E-state index contributed by atoms with van der Waals surface area (Å²) in [5.74, 6) is 0.830. The van der Waals surface area contributed by atoms with Crippen LogP contribution >= 0.6 is 23.6 Å². The van der Waals surface area contributed by atoms with Crippen LogP contribution in [0, 0.1) is 11.7 Å². The molecule has 6 heteroatoms. The van der Waals surface area contributed by atoms with E-state index < -0.39 is 0 Å². The van der Waals surface area contributed by atoms with Crippen LogP contribution in [0.3, 0.4) is 0 Å². The first-order chi connectivity index (χ1) is 9.67. The van der Waals surface area contributed by atoms with E-state index in [0.29, 0.717) is 0 Å². The quantitative estimate of drug-likeness (QED) is 0.747. The summed E-state index contributed by atoms with van der Waals surface area (Å²) in [6.07, 6.45) is 0.887. The molecule has 4 nitrogen and oxygen atoms in total. The van der Waals surface area contributed by atoms with E-state index in [1.165, 1.54) is 0 Å². The van der Waals surface area contributed by atoms with Crippen molar-refractivity contribution in [3.05, 3.63) is 39.1 Å². The lowest BCUT2D eigenvalue weighted by Gasteiger charge is -2.04. The fraction of sp³-hybridized carbons (Fsp3) is 0.286. The average Bonchev–Trinajstić information content (AvgIpc) is 2.98. The maximum atomic E-state index is 5.40. The average molecular weight is 305 g/mol. The largest absolute Gasteiger partial charge is 0.497 e. The van der Waals surface area contributed by atoms with Gasteiger partial charge < -0.3 is 14.3 Å². The van der Waals surface area contributed by atoms with Crippen LogP contribution in [0.15, 0.2) is 23.6 Å². The van der Waals surface area contributed by atoms with Crippen LogP contribution in [0.1, 0.15) is 10.7 Å². The normalized spacial score (nSPS) is 11.1. The number of benzene rings is 1. The molecule has 3 rings (SSSR count). The number of imidazole rings is 1. The summed E-state index contributed by atoms with van der Waals surface area (Å²) in [7, 11) is 1.66. The number of thiazole rings is 1. The lowest BCUT2D eigenvalue weighted by atomic mass is 10.3. The Balaban J connectivity index is 1.91. The number of rotatable bonds is 4. The molecule has 0 unspecified atom stereocenters. The summed E-state index contributed by atoms with van der Waals surface area (Å²) in [6.45, 7) is 2.85. The SMILES string of the molecule is COc1ccc2c(c1)[nH]c(=S)n2CCc1csc(C)n1. The minimum atomic E-state index is 0.736. The van der Waals surface area contributed by atoms with E-state index in [-0.39, 0.29) is 0 Å². The molecule has 104 valence electrons. The Morgan fingerprint density at radius 1 is 1.45 bits per heavy atom. The molecule has 0 aliphatic carbocycles. The number of aromatic amines is 1. The second-order valence-electron chi connectivity index (χ2n) is 4.57. The number of methoxy groups -OCH3 is 1. The van der Waals surface area contributed by atoms with Crippen LogP contribution in [0.2, 0.25) is 0 Å². The van der Waals surface area contributed by atoms with Crippen molar-refractivity contribution in [1.82, 2.24) is 14.5 Å². The summed E-state index contributed by atoms with van der Waals surface area (Å²) in [5.41, 5.74) is 3.23. The number of hydrogen-bond acceptors (Lipinski definition) is 4. The molecule has 20 heavy (non-hydrogen) atoms. The molecule has 0 radical (unpaired) electrons. The van der Waals surface area contributed by atoms with Crippen LogP contribution in [0.25, 0.3) is 11.0 Å². The molecule has 0 bridgehead atoms. The van der Waals surface area contributed by atoms with Gasteiger partial charge in [-0.3, -0.25) is 0 Å². The van der Waals surface area contributed by atoms with E-state index in [2.05, 4.69) is 19.9 Å². The Labute approximate surface area is 126 Å². The van der Waals surface area contributed by atoms with Gasteiger partial charge >= 0.3 is 0 Å². The molecular formula is C14H15N3OS2. The smallest absolute Gasteiger partial charge is 0.178 e. The van der Waals surface area contributed by atoms with E-state index in [1.54, 1.807) is 18.4 Å². The van der Waals surface area contributed by atoms with Gasteiger partial charge in [-0.25, -0.2) is 4.98 Å². The molecular weight excluding hydrogens is 290 g/mol. The van der Waals surface area contributed by atoms with Crippen molar-refractivity contribution in [3.8, 4) is 5.75 Å². The van der Waals surface area contributed by atoms with E-state index >= 15 is 0 Å². The standard InChI is InChI=1S/C14H15N3OS2/c1-9-15-10(8-20-9)5-6-17-13-4-3-11(18-2)7-12(13)16-14(17)19/h3-4,7-8H,5-6H2,1-2H3,(H,16,19). The summed E-state index contributed by atoms with van der Waals surface area (Å²) in [5, 5.41) is 3.21. The highest BCUT2D eigenvalue weighted by atomic mass is 32.1. The molecule has 1 aromatic carbocycles. The van der Waals surface area contributed by atoms with Gasteiger partial charge in [0.05, 0.1) is 28.8 Å². The van der Waals surface area contributed by atoms with E-state index in [0.717, 1.165) is 45.2 Å². The van der Waals surface area contributed by atoms with Gasteiger partial charge in [-0.15, -0.1) is 11.3 Å². The Kier molecular flexibility index (Phi) is 3.58. The van der Waals surface area contributed by atoms with E-state index in [4.69, 9.17) is 17.0 Å². The van der Waals surface area contributed by atoms with Gasteiger partial charge in [0.1, 0.15) is 5.75 Å². The third-order valence-electron chi connectivity index (χ3n) is 3.24. The van der Waals surface area contributed by atoms with Crippen molar-refractivity contribution in [1.29, 1.82) is 0 Å².